The van der Waals surface area contributed by atoms with Gasteiger partial charge in [0.1, 0.15) is 17.9 Å². The molecule has 0 saturated carbocycles. The summed E-state index contributed by atoms with van der Waals surface area (Å²) in [5, 5.41) is 14.7. The summed E-state index contributed by atoms with van der Waals surface area (Å²) in [5.74, 6) is 0.266. The largest absolute Gasteiger partial charge is 0.488 e. The third-order valence-corrected chi connectivity index (χ3v) is 8.95. The van der Waals surface area contributed by atoms with E-state index in [0.717, 1.165) is 38.9 Å². The number of carbonyl (C=O) groups is 1. The number of benzene rings is 5. The van der Waals surface area contributed by atoms with Crippen molar-refractivity contribution in [1.29, 1.82) is 0 Å². The fourth-order valence-corrected chi connectivity index (χ4v) is 6.63. The van der Waals surface area contributed by atoms with Crippen LogP contribution in [0.25, 0.3) is 22.5 Å². The number of hydrogen-bond donors (Lipinski definition) is 0. The second-order valence-corrected chi connectivity index (χ2v) is 12.3. The van der Waals surface area contributed by atoms with E-state index in [0.29, 0.717) is 23.0 Å². The number of nitrogens with zero attached hydrogens (tertiary/aromatic N) is 5. The first kappa shape index (κ1) is 34.0. The maximum atomic E-state index is 12.9. The van der Waals surface area contributed by atoms with E-state index in [4.69, 9.17) is 29.6 Å². The minimum Gasteiger partial charge on any atom is -0.488 e. The number of carbonyl (C=O) groups excluding carboxylic acids is 1. The predicted molar refractivity (Wildman–Crippen MR) is 199 cm³/mol. The summed E-state index contributed by atoms with van der Waals surface area (Å²) in [5.41, 5.74) is 6.97. The lowest BCUT2D eigenvalue weighted by molar-refractivity contribution is 0.0589. The summed E-state index contributed by atoms with van der Waals surface area (Å²) >= 11 is 0. The van der Waals surface area contributed by atoms with Crippen molar-refractivity contribution in [2.75, 3.05) is 14.2 Å². The quantitative estimate of drug-likeness (QED) is 0.0940. The van der Waals surface area contributed by atoms with E-state index in [9.17, 15) is 4.79 Å². The summed E-state index contributed by atoms with van der Waals surface area (Å²) in [6.45, 7) is 2.13. The Morgan fingerprint density at radius 3 is 1.83 bits per heavy atom. The van der Waals surface area contributed by atoms with E-state index >= 15 is 0 Å². The van der Waals surface area contributed by atoms with Crippen LogP contribution in [0.2, 0.25) is 0 Å². The number of rotatable bonds is 12. The zero-order valence-electron chi connectivity index (χ0n) is 29.1. The summed E-state index contributed by atoms with van der Waals surface area (Å²) in [7, 11) is 2.88. The average Bonchev–Trinajstić information content (AvgIpc) is 3.69. The molecule has 0 aliphatic rings. The molecule has 0 spiro atoms. The number of aryl methyl sites for hydroxylation is 1. The highest BCUT2D eigenvalue weighted by atomic mass is 16.5. The van der Waals surface area contributed by atoms with E-state index < -0.39 is 11.5 Å². The molecule has 9 heteroatoms. The first-order valence-corrected chi connectivity index (χ1v) is 16.9. The Bertz CT molecular complexity index is 2180. The Labute approximate surface area is 302 Å². The SMILES string of the molecule is COCc1nc(C)cc(OCc2ccc(-c3ccccc3)c(-c3nnn(C(c4ccccc4)(c4ccccc4)c4ccccc4)n3)c2)c1C(=O)OC. The van der Waals surface area contributed by atoms with Crippen molar-refractivity contribution in [3.63, 3.8) is 0 Å². The van der Waals surface area contributed by atoms with Crippen LogP contribution in [-0.2, 0) is 28.2 Å². The second-order valence-electron chi connectivity index (χ2n) is 12.3. The van der Waals surface area contributed by atoms with Gasteiger partial charge in [0.25, 0.3) is 0 Å². The minimum absolute atomic E-state index is 0.135. The molecule has 0 aliphatic carbocycles. The summed E-state index contributed by atoms with van der Waals surface area (Å²) in [4.78, 5) is 19.1. The van der Waals surface area contributed by atoms with Gasteiger partial charge in [-0.2, -0.15) is 0 Å². The van der Waals surface area contributed by atoms with Crippen molar-refractivity contribution in [3.8, 4) is 28.3 Å². The van der Waals surface area contributed by atoms with E-state index in [1.165, 1.54) is 7.11 Å². The summed E-state index contributed by atoms with van der Waals surface area (Å²) in [6, 6.07) is 48.6. The maximum Gasteiger partial charge on any atom is 0.343 e. The predicted octanol–water partition coefficient (Wildman–Crippen LogP) is 8.06. The van der Waals surface area contributed by atoms with Gasteiger partial charge >= 0.3 is 5.97 Å². The lowest BCUT2D eigenvalue weighted by Crippen LogP contribution is -2.39. The van der Waals surface area contributed by atoms with Gasteiger partial charge in [-0.1, -0.05) is 133 Å². The fraction of sp³-hybridized carbons (Fsp3) is 0.140. The number of aromatic nitrogens is 5. The van der Waals surface area contributed by atoms with E-state index in [1.807, 2.05) is 97.9 Å². The molecule has 0 radical (unpaired) electrons. The van der Waals surface area contributed by atoms with Gasteiger partial charge < -0.3 is 14.2 Å². The molecule has 258 valence electrons. The molecule has 2 aromatic heterocycles. The number of methoxy groups -OCH3 is 2. The van der Waals surface area contributed by atoms with E-state index in [-0.39, 0.29) is 18.8 Å². The van der Waals surface area contributed by atoms with Gasteiger partial charge in [0.05, 0.1) is 19.4 Å². The van der Waals surface area contributed by atoms with Crippen LogP contribution in [0.15, 0.2) is 146 Å². The van der Waals surface area contributed by atoms with Gasteiger partial charge in [0, 0.05) is 24.4 Å². The molecule has 7 aromatic rings. The number of ether oxygens (including phenoxy) is 3. The third-order valence-electron chi connectivity index (χ3n) is 8.95. The molecule has 0 amide bonds. The molecular weight excluding hydrogens is 651 g/mol. The zero-order chi connectivity index (χ0) is 35.9. The van der Waals surface area contributed by atoms with Gasteiger partial charge in [-0.3, -0.25) is 4.98 Å². The first-order valence-electron chi connectivity index (χ1n) is 16.9. The normalized spacial score (nSPS) is 11.3. The topological polar surface area (TPSA) is 101 Å². The molecule has 7 rings (SSSR count). The highest BCUT2D eigenvalue weighted by molar-refractivity contribution is 5.93. The highest BCUT2D eigenvalue weighted by Gasteiger charge is 2.41. The lowest BCUT2D eigenvalue weighted by Gasteiger charge is -2.34. The van der Waals surface area contributed by atoms with Crippen LogP contribution in [-0.4, -0.2) is 45.4 Å². The maximum absolute atomic E-state index is 12.9. The van der Waals surface area contributed by atoms with E-state index in [2.05, 4.69) is 53.5 Å². The molecule has 0 unspecified atom stereocenters. The molecule has 5 aromatic carbocycles. The lowest BCUT2D eigenvalue weighted by atomic mass is 9.77. The fourth-order valence-electron chi connectivity index (χ4n) is 6.63. The molecule has 0 aliphatic heterocycles. The molecule has 0 saturated heterocycles. The van der Waals surface area contributed by atoms with Crippen molar-refractivity contribution in [2.45, 2.75) is 25.7 Å². The van der Waals surface area contributed by atoms with Crippen molar-refractivity contribution in [3.05, 3.63) is 185 Å². The average molecular weight is 688 g/mol. The van der Waals surface area contributed by atoms with Gasteiger partial charge in [-0.15, -0.1) is 15.0 Å². The van der Waals surface area contributed by atoms with Crippen LogP contribution >= 0.6 is 0 Å². The molecule has 52 heavy (non-hydrogen) atoms. The summed E-state index contributed by atoms with van der Waals surface area (Å²) in [6.07, 6.45) is 0. The molecule has 0 bridgehead atoms. The first-order chi connectivity index (χ1) is 25.5. The van der Waals surface area contributed by atoms with Gasteiger partial charge in [0.2, 0.25) is 5.82 Å². The van der Waals surface area contributed by atoms with Crippen molar-refractivity contribution in [1.82, 2.24) is 25.2 Å². The number of esters is 1. The van der Waals surface area contributed by atoms with Gasteiger partial charge in [-0.05, 0) is 51.6 Å². The number of hydrogen-bond acceptors (Lipinski definition) is 8. The van der Waals surface area contributed by atoms with Crippen molar-refractivity contribution >= 4 is 5.97 Å². The number of pyridine rings is 1. The van der Waals surface area contributed by atoms with Crippen molar-refractivity contribution < 1.29 is 19.0 Å². The van der Waals surface area contributed by atoms with Crippen LogP contribution < -0.4 is 4.74 Å². The van der Waals surface area contributed by atoms with Crippen LogP contribution in [0, 0.1) is 6.92 Å². The minimum atomic E-state index is -0.925. The second kappa shape index (κ2) is 15.2. The van der Waals surface area contributed by atoms with Crippen molar-refractivity contribution in [2.24, 2.45) is 0 Å². The molecular formula is C43H37N5O4. The van der Waals surface area contributed by atoms with Crippen LogP contribution in [0.4, 0.5) is 0 Å². The Hall–Kier alpha value is -6.45. The number of tetrazole rings is 1. The molecule has 0 fully saturated rings. The molecule has 0 atom stereocenters. The Kier molecular flexibility index (Phi) is 9.95. The molecule has 9 nitrogen and oxygen atoms in total. The monoisotopic (exact) mass is 687 g/mol. The molecule has 2 heterocycles. The zero-order valence-corrected chi connectivity index (χ0v) is 29.1. The Morgan fingerprint density at radius 1 is 0.692 bits per heavy atom. The Balaban J connectivity index is 1.36. The van der Waals surface area contributed by atoms with Crippen LogP contribution in [0.3, 0.4) is 0 Å². The van der Waals surface area contributed by atoms with E-state index in [1.54, 1.807) is 18.0 Å². The van der Waals surface area contributed by atoms with Gasteiger partial charge in [0.15, 0.2) is 5.54 Å². The Morgan fingerprint density at radius 2 is 1.27 bits per heavy atom. The summed E-state index contributed by atoms with van der Waals surface area (Å²) < 4.78 is 16.7. The highest BCUT2D eigenvalue weighted by Crippen LogP contribution is 2.40. The smallest absolute Gasteiger partial charge is 0.343 e. The van der Waals surface area contributed by atoms with Crippen LogP contribution in [0.5, 0.6) is 5.75 Å². The molecule has 0 N–H and O–H groups in total. The third kappa shape index (κ3) is 6.57. The van der Waals surface area contributed by atoms with Crippen LogP contribution in [0.1, 0.15) is 44.0 Å². The van der Waals surface area contributed by atoms with Gasteiger partial charge in [-0.25, -0.2) is 4.79 Å². The standard InChI is InChI=1S/C43H37N5O4/c1-30-26-39(40(42(49)51-3)38(44-30)29-50-2)52-28-31-24-25-36(32-16-8-4-9-17-32)37(27-31)41-45-47-48(46-41)43(33-18-10-5-11-19-33,34-20-12-6-13-21-34)35-22-14-7-15-23-35/h4-27H,28-29H2,1-3H3.